The molecule has 0 aromatic carbocycles. The van der Waals surface area contributed by atoms with Crippen molar-refractivity contribution in [1.29, 1.82) is 0 Å². The van der Waals surface area contributed by atoms with Gasteiger partial charge in [0.2, 0.25) is 20.8 Å². The Hall–Kier alpha value is 2.41. The molecule has 4 N–H and O–H groups in total. The van der Waals surface area contributed by atoms with Gasteiger partial charge in [-0.2, -0.15) is 4.21 Å². The molecule has 0 saturated carbocycles. The number of hydrogen-bond acceptors (Lipinski definition) is 9. The van der Waals surface area contributed by atoms with Gasteiger partial charge in [0.25, 0.3) is 11.4 Å². The Morgan fingerprint density at radius 2 is 1.06 bits per heavy atom. The summed E-state index contributed by atoms with van der Waals surface area (Å²) in [6.45, 7) is 0. The van der Waals surface area contributed by atoms with Crippen molar-refractivity contribution in [2.45, 2.75) is 0 Å². The van der Waals surface area contributed by atoms with Gasteiger partial charge in [0.15, 0.2) is 0 Å². The Morgan fingerprint density at radius 3 is 1.12 bits per heavy atom. The molecule has 12 nitrogen and oxygen atoms in total. The van der Waals surface area contributed by atoms with Crippen LogP contribution in [0.25, 0.3) is 0 Å². The van der Waals surface area contributed by atoms with Crippen molar-refractivity contribution in [1.82, 2.24) is 0 Å². The maximum Gasteiger partial charge on any atom is 1.00 e. The average Bonchev–Trinajstić information content (AvgIpc) is 1.79. The van der Waals surface area contributed by atoms with Crippen LogP contribution in [0.5, 0.6) is 0 Å². The van der Waals surface area contributed by atoms with Crippen LogP contribution in [0.2, 0.25) is 0 Å². The molecule has 0 rings (SSSR count). The van der Waals surface area contributed by atoms with E-state index in [-0.39, 0.29) is 86.4 Å². The van der Waals surface area contributed by atoms with E-state index in [9.17, 15) is 25.9 Å². The zero-order chi connectivity index (χ0) is 12.0. The van der Waals surface area contributed by atoms with Crippen LogP contribution in [-0.4, -0.2) is 44.7 Å². The summed E-state index contributed by atoms with van der Waals surface area (Å²) in [6, 6.07) is 0. The van der Waals surface area contributed by atoms with Crippen LogP contribution in [-0.2, 0) is 40.8 Å². The van der Waals surface area contributed by atoms with Gasteiger partial charge >= 0.3 is 80.9 Å². The first-order valence-electron chi connectivity index (χ1n) is 2.03. The predicted octanol–water partition coefficient (Wildman–Crippen LogP) is -9.28. The Morgan fingerprint density at radius 1 is 0.941 bits per heavy atom. The van der Waals surface area contributed by atoms with Gasteiger partial charge in [-0.05, 0) is 0 Å². The molecule has 17 heteroatoms. The third kappa shape index (κ3) is 56.0. The van der Waals surface area contributed by atoms with E-state index in [1.807, 2.05) is 0 Å². The van der Waals surface area contributed by atoms with E-state index in [0.29, 0.717) is 0 Å². The summed E-state index contributed by atoms with van der Waals surface area (Å²) in [5.74, 6) is 0. The molecule has 0 saturated heterocycles. The first kappa shape index (κ1) is 31.7. The third-order valence-electron chi connectivity index (χ3n) is 0.194. The second-order valence-electron chi connectivity index (χ2n) is 1.18. The number of hydrogen-bond donors (Lipinski definition) is 2. The monoisotopic (exact) mass is 354 g/mol. The van der Waals surface area contributed by atoms with E-state index in [1.54, 1.807) is 0 Å². The molecule has 17 heavy (non-hydrogen) atoms. The fraction of sp³-hybridized carbons (Fsp3) is 0. The maximum absolute atomic E-state index is 9.37. The van der Waals surface area contributed by atoms with Crippen LogP contribution in [0.3, 0.4) is 0 Å². The number of rotatable bonds is 3. The van der Waals surface area contributed by atoms with Crippen molar-refractivity contribution in [3.63, 3.8) is 0 Å². The Labute approximate surface area is 163 Å². The smallest absolute Gasteiger partial charge is 0.724 e. The molecule has 0 radical (unpaired) electrons. The van der Waals surface area contributed by atoms with Gasteiger partial charge in [0, 0.05) is 0 Å². The zero-order valence-corrected chi connectivity index (χ0v) is 15.9. The molecule has 0 fully saturated rings. The van der Waals surface area contributed by atoms with Gasteiger partial charge < -0.3 is 14.6 Å². The molecule has 0 aromatic rings. The van der Waals surface area contributed by atoms with Gasteiger partial charge in [-0.15, -0.1) is 8.67 Å². The van der Waals surface area contributed by atoms with Gasteiger partial charge in [-0.3, -0.25) is 9.11 Å². The minimum atomic E-state index is -5.31. The molecule has 0 aromatic heterocycles. The molecule has 0 heterocycles. The fourth-order valence-electron chi connectivity index (χ4n) is 0.0680. The summed E-state index contributed by atoms with van der Waals surface area (Å²) in [5.41, 5.74) is 0. The molecular weight excluding hydrogens is 350 g/mol. The second-order valence-corrected chi connectivity index (χ2v) is 3.55. The van der Waals surface area contributed by atoms with Crippen LogP contribution in [0.4, 0.5) is 0 Å². The van der Waals surface area contributed by atoms with Crippen LogP contribution in [0.1, 0.15) is 0 Å². The molecule has 0 aliphatic carbocycles. The first-order chi connectivity index (χ1) is 5.94. The maximum atomic E-state index is 9.37. The quantitative estimate of drug-likeness (QED) is 0.121. The van der Waals surface area contributed by atoms with Gasteiger partial charge in [-0.1, -0.05) is 0 Å². The molecule has 0 bridgehead atoms. The largest absolute Gasteiger partial charge is 1.00 e. The van der Waals surface area contributed by atoms with E-state index in [2.05, 4.69) is 8.67 Å². The van der Waals surface area contributed by atoms with Crippen LogP contribution in [0, 0.1) is 0 Å². The van der Waals surface area contributed by atoms with E-state index in [0.717, 1.165) is 0 Å². The van der Waals surface area contributed by atoms with E-state index in [4.69, 9.17) is 13.3 Å². The van der Waals surface area contributed by atoms with Crippen molar-refractivity contribution in [2.24, 2.45) is 0 Å². The molecule has 0 spiro atoms. The summed E-state index contributed by atoms with van der Waals surface area (Å²) in [4.78, 5) is 0. The zero-order valence-electron chi connectivity index (χ0n) is 8.29. The molecular formula is H4KNaO12S3. The van der Waals surface area contributed by atoms with Crippen LogP contribution >= 0.6 is 0 Å². The third-order valence-corrected chi connectivity index (χ3v) is 0.750. The summed E-state index contributed by atoms with van der Waals surface area (Å²) < 4.78 is 84.3. The Bertz CT molecular complexity index is 329. The summed E-state index contributed by atoms with van der Waals surface area (Å²) >= 11 is -2.61. The molecule has 0 atom stereocenters. The second kappa shape index (κ2) is 14.8. The van der Waals surface area contributed by atoms with Gasteiger partial charge in [0.05, 0.1) is 0 Å². The van der Waals surface area contributed by atoms with Crippen molar-refractivity contribution >= 4 is 32.2 Å². The first-order valence-corrected chi connectivity index (χ1v) is 5.76. The van der Waals surface area contributed by atoms with E-state index < -0.39 is 32.2 Å². The van der Waals surface area contributed by atoms with Crippen molar-refractivity contribution in [2.75, 3.05) is 0 Å². The predicted molar refractivity (Wildman–Crippen MR) is 38.6 cm³/mol. The summed E-state index contributed by atoms with van der Waals surface area (Å²) in [5, 5.41) is 0. The van der Waals surface area contributed by atoms with Crippen LogP contribution in [0.15, 0.2) is 0 Å². The topological polar surface area (TPSA) is 222 Å². The summed E-state index contributed by atoms with van der Waals surface area (Å²) in [6.07, 6.45) is 0. The molecule has 0 unspecified atom stereocenters. The standard InChI is InChI=1S/K.Na.H2O8S2.H2O3S.H2O/c;;1-9(2,3)7-8-10(4,5)6;1-4(2)3;/h;;(H,1,2,3)(H,4,5,6);(H2,1,2,3);1H2/q2*+1;;;/p-2. The summed E-state index contributed by atoms with van der Waals surface area (Å²) in [7, 11) is -10.6. The molecule has 0 amide bonds. The van der Waals surface area contributed by atoms with Crippen molar-refractivity contribution < 1.29 is 134 Å². The van der Waals surface area contributed by atoms with E-state index >= 15 is 0 Å². The average molecular weight is 354 g/mol. The van der Waals surface area contributed by atoms with Crippen molar-refractivity contribution in [3.8, 4) is 0 Å². The molecule has 96 valence electrons. The van der Waals surface area contributed by atoms with E-state index in [1.165, 1.54) is 0 Å². The van der Waals surface area contributed by atoms with Gasteiger partial charge in [0.1, 0.15) is 0 Å². The SMILES string of the molecule is O.O=S(=O)([O-])OOS(=O)(=O)[O-].O=S(O)O.[K+].[Na+]. The minimum Gasteiger partial charge on any atom is -0.724 e. The Kier molecular flexibility index (Phi) is 27.6. The minimum absolute atomic E-state index is 0. The molecule has 0 aliphatic rings. The molecule has 0 aliphatic heterocycles. The van der Waals surface area contributed by atoms with Crippen LogP contribution < -0.4 is 80.9 Å². The van der Waals surface area contributed by atoms with Gasteiger partial charge in [-0.25, -0.2) is 16.8 Å². The Balaban J connectivity index is -0.0000000607. The fourth-order valence-corrected chi connectivity index (χ4v) is 0.612. The normalized spacial score (nSPS) is 9.94. The van der Waals surface area contributed by atoms with Crippen molar-refractivity contribution in [3.05, 3.63) is 0 Å².